The number of aromatic nitrogens is 1. The van der Waals surface area contributed by atoms with Crippen LogP contribution in [0.4, 0.5) is 5.88 Å². The lowest BCUT2D eigenvalue weighted by molar-refractivity contribution is 0.120. The Labute approximate surface area is 157 Å². The second-order valence-corrected chi connectivity index (χ2v) is 8.33. The first-order chi connectivity index (χ1) is 13.0. The van der Waals surface area contributed by atoms with Gasteiger partial charge in [0.25, 0.3) is 5.89 Å². The minimum absolute atomic E-state index is 0.0251. The number of benzene rings is 1. The number of rotatable bonds is 6. The largest absolute Gasteiger partial charge is 0.459 e. The van der Waals surface area contributed by atoms with Gasteiger partial charge in [0.05, 0.1) is 17.3 Å². The van der Waals surface area contributed by atoms with Crippen molar-refractivity contribution < 1.29 is 22.0 Å². The van der Waals surface area contributed by atoms with Gasteiger partial charge in [-0.3, -0.25) is 0 Å². The SMILES string of the molecule is Cc1ccc(S(=O)(=O)c2nc(-c3ccco3)oc2NC[C@@H]2CCCO2)cc1. The Morgan fingerprint density at radius 1 is 1.22 bits per heavy atom. The summed E-state index contributed by atoms with van der Waals surface area (Å²) in [5, 5.41) is 2.89. The quantitative estimate of drug-likeness (QED) is 0.688. The molecule has 0 unspecified atom stereocenters. The van der Waals surface area contributed by atoms with Crippen molar-refractivity contribution in [2.24, 2.45) is 0 Å². The summed E-state index contributed by atoms with van der Waals surface area (Å²) in [7, 11) is -3.85. The molecule has 7 nitrogen and oxygen atoms in total. The van der Waals surface area contributed by atoms with Crippen LogP contribution in [-0.4, -0.2) is 32.7 Å². The molecule has 0 radical (unpaired) electrons. The predicted molar refractivity (Wildman–Crippen MR) is 98.3 cm³/mol. The first-order valence-corrected chi connectivity index (χ1v) is 10.2. The van der Waals surface area contributed by atoms with Crippen LogP contribution in [0.5, 0.6) is 0 Å². The van der Waals surface area contributed by atoms with E-state index in [9.17, 15) is 8.42 Å². The molecule has 1 aliphatic rings. The van der Waals surface area contributed by atoms with Crippen molar-refractivity contribution in [3.63, 3.8) is 0 Å². The number of aryl methyl sites for hydroxylation is 1. The minimum Gasteiger partial charge on any atom is -0.459 e. The van der Waals surface area contributed by atoms with Gasteiger partial charge in [0.2, 0.25) is 20.7 Å². The molecular formula is C19H20N2O5S. The number of furan rings is 1. The maximum absolute atomic E-state index is 13.1. The van der Waals surface area contributed by atoms with Gasteiger partial charge in [-0.05, 0) is 44.0 Å². The Kier molecular flexibility index (Phi) is 4.75. The van der Waals surface area contributed by atoms with Crippen LogP contribution in [0.3, 0.4) is 0 Å². The number of hydrogen-bond acceptors (Lipinski definition) is 7. The zero-order chi connectivity index (χ0) is 18.9. The summed E-state index contributed by atoms with van der Waals surface area (Å²) < 4.78 is 42.8. The number of ether oxygens (including phenoxy) is 1. The molecule has 142 valence electrons. The molecule has 0 amide bonds. The van der Waals surface area contributed by atoms with E-state index in [1.807, 2.05) is 6.92 Å². The average molecular weight is 388 g/mol. The summed E-state index contributed by atoms with van der Waals surface area (Å²) in [5.41, 5.74) is 0.974. The lowest BCUT2D eigenvalue weighted by Crippen LogP contribution is -2.19. The summed E-state index contributed by atoms with van der Waals surface area (Å²) >= 11 is 0. The summed E-state index contributed by atoms with van der Waals surface area (Å²) in [6.07, 6.45) is 3.42. The van der Waals surface area contributed by atoms with E-state index in [0.29, 0.717) is 12.3 Å². The molecule has 3 heterocycles. The molecule has 1 fully saturated rings. The maximum Gasteiger partial charge on any atom is 0.266 e. The predicted octanol–water partition coefficient (Wildman–Crippen LogP) is 3.67. The number of oxazole rings is 1. The summed E-state index contributed by atoms with van der Waals surface area (Å²) in [5.74, 6) is 0.568. The number of anilines is 1. The van der Waals surface area contributed by atoms with E-state index >= 15 is 0 Å². The molecule has 8 heteroatoms. The van der Waals surface area contributed by atoms with Gasteiger partial charge in [-0.25, -0.2) is 8.42 Å². The molecule has 27 heavy (non-hydrogen) atoms. The van der Waals surface area contributed by atoms with Crippen molar-refractivity contribution in [3.8, 4) is 11.7 Å². The molecule has 0 aliphatic carbocycles. The lowest BCUT2D eigenvalue weighted by atomic mass is 10.2. The highest BCUT2D eigenvalue weighted by molar-refractivity contribution is 7.91. The molecular weight excluding hydrogens is 368 g/mol. The van der Waals surface area contributed by atoms with Gasteiger partial charge in [-0.1, -0.05) is 17.7 Å². The summed E-state index contributed by atoms with van der Waals surface area (Å²) in [6.45, 7) is 3.06. The molecule has 3 aromatic rings. The van der Waals surface area contributed by atoms with Crippen LogP contribution in [0, 0.1) is 6.92 Å². The van der Waals surface area contributed by atoms with E-state index in [1.54, 1.807) is 36.4 Å². The van der Waals surface area contributed by atoms with Crippen molar-refractivity contribution in [2.45, 2.75) is 35.8 Å². The lowest BCUT2D eigenvalue weighted by Gasteiger charge is -2.10. The monoisotopic (exact) mass is 388 g/mol. The molecule has 0 spiro atoms. The molecule has 1 aromatic carbocycles. The van der Waals surface area contributed by atoms with Crippen molar-refractivity contribution in [1.82, 2.24) is 4.98 Å². The van der Waals surface area contributed by atoms with Crippen LogP contribution in [0.25, 0.3) is 11.7 Å². The second-order valence-electron chi connectivity index (χ2n) is 6.46. The average Bonchev–Trinajstić information content (AvgIpc) is 3.40. The zero-order valence-electron chi connectivity index (χ0n) is 14.8. The maximum atomic E-state index is 13.1. The molecule has 2 aromatic heterocycles. The summed E-state index contributed by atoms with van der Waals surface area (Å²) in [4.78, 5) is 4.38. The Morgan fingerprint density at radius 2 is 2.04 bits per heavy atom. The van der Waals surface area contributed by atoms with Crippen molar-refractivity contribution in [2.75, 3.05) is 18.5 Å². The van der Waals surface area contributed by atoms with Crippen LogP contribution in [0.2, 0.25) is 0 Å². The van der Waals surface area contributed by atoms with E-state index < -0.39 is 9.84 Å². The van der Waals surface area contributed by atoms with Gasteiger partial charge in [0.1, 0.15) is 0 Å². The minimum atomic E-state index is -3.85. The fourth-order valence-electron chi connectivity index (χ4n) is 2.95. The van der Waals surface area contributed by atoms with Gasteiger partial charge in [-0.15, -0.1) is 0 Å². The first-order valence-electron chi connectivity index (χ1n) is 8.76. The number of nitrogens with one attached hydrogen (secondary N) is 1. The highest BCUT2D eigenvalue weighted by Gasteiger charge is 2.29. The fraction of sp³-hybridized carbons (Fsp3) is 0.316. The van der Waals surface area contributed by atoms with Gasteiger partial charge in [-0.2, -0.15) is 4.98 Å². The molecule has 4 rings (SSSR count). The van der Waals surface area contributed by atoms with Crippen molar-refractivity contribution in [3.05, 3.63) is 48.2 Å². The number of nitrogens with zero attached hydrogens (tertiary/aromatic N) is 1. The molecule has 0 bridgehead atoms. The zero-order valence-corrected chi connectivity index (χ0v) is 15.7. The normalized spacial score (nSPS) is 17.3. The third kappa shape index (κ3) is 3.63. The van der Waals surface area contributed by atoms with Crippen LogP contribution in [-0.2, 0) is 14.6 Å². The number of sulfone groups is 1. The first kappa shape index (κ1) is 17.8. The van der Waals surface area contributed by atoms with Gasteiger partial charge >= 0.3 is 0 Å². The molecule has 0 saturated carbocycles. The third-order valence-electron chi connectivity index (χ3n) is 4.43. The van der Waals surface area contributed by atoms with E-state index in [1.165, 1.54) is 6.26 Å². The Hall–Kier alpha value is -2.58. The second kappa shape index (κ2) is 7.21. The molecule has 1 saturated heterocycles. The fourth-order valence-corrected chi connectivity index (χ4v) is 4.23. The Balaban J connectivity index is 1.71. The standard InChI is InChI=1S/C19H20N2O5S/c1-13-6-8-15(9-7-13)27(22,23)19-18(20-12-14-4-2-10-24-14)26-17(21-19)16-5-3-11-25-16/h3,5-9,11,14,20H,2,4,10,12H2,1H3/t14-/m0/s1. The van der Waals surface area contributed by atoms with E-state index in [-0.39, 0.29) is 27.8 Å². The van der Waals surface area contributed by atoms with E-state index in [4.69, 9.17) is 13.6 Å². The van der Waals surface area contributed by atoms with Crippen LogP contribution in [0.1, 0.15) is 18.4 Å². The van der Waals surface area contributed by atoms with Crippen molar-refractivity contribution >= 4 is 15.7 Å². The van der Waals surface area contributed by atoms with Crippen molar-refractivity contribution in [1.29, 1.82) is 0 Å². The Bertz CT molecular complexity index is 1000. The smallest absolute Gasteiger partial charge is 0.266 e. The highest BCUT2D eigenvalue weighted by atomic mass is 32.2. The Morgan fingerprint density at radius 3 is 2.70 bits per heavy atom. The topological polar surface area (TPSA) is 94.6 Å². The van der Waals surface area contributed by atoms with Gasteiger partial charge < -0.3 is 18.9 Å². The van der Waals surface area contributed by atoms with Crippen LogP contribution in [0.15, 0.2) is 61.4 Å². The molecule has 1 N–H and O–H groups in total. The van der Waals surface area contributed by atoms with Crippen LogP contribution >= 0.6 is 0 Å². The summed E-state index contributed by atoms with van der Waals surface area (Å²) in [6, 6.07) is 9.98. The molecule has 1 aliphatic heterocycles. The van der Waals surface area contributed by atoms with E-state index in [2.05, 4.69) is 10.3 Å². The van der Waals surface area contributed by atoms with Gasteiger partial charge in [0, 0.05) is 13.2 Å². The van der Waals surface area contributed by atoms with Crippen LogP contribution < -0.4 is 5.32 Å². The van der Waals surface area contributed by atoms with Gasteiger partial charge in [0.15, 0.2) is 5.76 Å². The molecule has 1 atom stereocenters. The van der Waals surface area contributed by atoms with E-state index in [0.717, 1.165) is 25.0 Å². The third-order valence-corrected chi connectivity index (χ3v) is 6.11. The number of hydrogen-bond donors (Lipinski definition) is 1. The highest BCUT2D eigenvalue weighted by Crippen LogP contribution is 2.32.